The zero-order chi connectivity index (χ0) is 23.7. The molecule has 5 rings (SSSR count). The fourth-order valence-electron chi connectivity index (χ4n) is 5.34. The molecule has 0 bridgehead atoms. The predicted molar refractivity (Wildman–Crippen MR) is 138 cm³/mol. The van der Waals surface area contributed by atoms with E-state index < -0.39 is 0 Å². The monoisotopic (exact) mass is 455 g/mol. The zero-order valence-corrected chi connectivity index (χ0v) is 20.2. The average molecular weight is 456 g/mol. The van der Waals surface area contributed by atoms with Gasteiger partial charge in [-0.05, 0) is 49.6 Å². The number of rotatable bonds is 5. The van der Waals surface area contributed by atoms with Gasteiger partial charge < -0.3 is 19.9 Å². The Morgan fingerprint density at radius 2 is 1.79 bits per heavy atom. The van der Waals surface area contributed by atoms with Crippen molar-refractivity contribution in [2.75, 3.05) is 36.5 Å². The Hall–Kier alpha value is -3.47. The summed E-state index contributed by atoms with van der Waals surface area (Å²) in [6.07, 6.45) is 0.732. The zero-order valence-electron chi connectivity index (χ0n) is 20.2. The van der Waals surface area contributed by atoms with Crippen LogP contribution in [0.2, 0.25) is 0 Å². The van der Waals surface area contributed by atoms with E-state index in [2.05, 4.69) is 77.5 Å². The second-order valence-corrected chi connectivity index (χ2v) is 9.49. The molecule has 1 amide bonds. The minimum atomic E-state index is -0.125. The third kappa shape index (κ3) is 4.35. The largest absolute Gasteiger partial charge is 0.497 e. The number of anilines is 2. The van der Waals surface area contributed by atoms with Gasteiger partial charge in [-0.1, -0.05) is 54.1 Å². The van der Waals surface area contributed by atoms with E-state index in [4.69, 9.17) is 4.74 Å². The standard InChI is InChI=1S/C29H33N3O2/c1-20-9-12-24(13-10-20)31-15-16-32-27-18-25(34-3)14-11-23(27)17-26(28(32)19-31)29(33)30-21(2)22-7-5-4-6-8-22/h4-14,18,21,26,28H,15-17,19H2,1-3H3,(H,30,33)/t21-,26-,28-/m0/s1. The van der Waals surface area contributed by atoms with Crippen molar-refractivity contribution in [1.29, 1.82) is 0 Å². The quantitative estimate of drug-likeness (QED) is 0.603. The van der Waals surface area contributed by atoms with E-state index in [1.165, 1.54) is 22.5 Å². The van der Waals surface area contributed by atoms with Gasteiger partial charge in [-0.2, -0.15) is 0 Å². The Kier molecular flexibility index (Phi) is 6.18. The van der Waals surface area contributed by atoms with Gasteiger partial charge in [-0.25, -0.2) is 0 Å². The van der Waals surface area contributed by atoms with Crippen molar-refractivity contribution in [2.45, 2.75) is 32.4 Å². The number of benzene rings is 3. The van der Waals surface area contributed by atoms with Gasteiger partial charge in [0.25, 0.3) is 0 Å². The Morgan fingerprint density at radius 3 is 2.53 bits per heavy atom. The molecule has 5 nitrogen and oxygen atoms in total. The molecule has 0 aromatic heterocycles. The van der Waals surface area contributed by atoms with Crippen LogP contribution in [0.3, 0.4) is 0 Å². The van der Waals surface area contributed by atoms with E-state index in [1.54, 1.807) is 7.11 Å². The molecule has 5 heteroatoms. The molecular formula is C29H33N3O2. The molecule has 34 heavy (non-hydrogen) atoms. The van der Waals surface area contributed by atoms with E-state index in [1.807, 2.05) is 24.3 Å². The molecule has 0 unspecified atom stereocenters. The minimum absolute atomic E-state index is 0.0313. The first kappa shape index (κ1) is 22.3. The highest BCUT2D eigenvalue weighted by atomic mass is 16.5. The minimum Gasteiger partial charge on any atom is -0.497 e. The predicted octanol–water partition coefficient (Wildman–Crippen LogP) is 4.75. The van der Waals surface area contributed by atoms with E-state index >= 15 is 0 Å². The van der Waals surface area contributed by atoms with Crippen LogP contribution >= 0.6 is 0 Å². The molecule has 3 aromatic carbocycles. The highest BCUT2D eigenvalue weighted by Gasteiger charge is 2.42. The molecule has 1 fully saturated rings. The van der Waals surface area contributed by atoms with Crippen LogP contribution in [-0.4, -0.2) is 38.7 Å². The topological polar surface area (TPSA) is 44.8 Å². The molecule has 176 valence electrons. The summed E-state index contributed by atoms with van der Waals surface area (Å²) in [7, 11) is 1.71. The van der Waals surface area contributed by atoms with Crippen LogP contribution in [0.5, 0.6) is 5.75 Å². The van der Waals surface area contributed by atoms with Crippen molar-refractivity contribution >= 4 is 17.3 Å². The summed E-state index contributed by atoms with van der Waals surface area (Å²) in [6, 6.07) is 25.2. The molecule has 3 atom stereocenters. The number of hydrogen-bond acceptors (Lipinski definition) is 4. The smallest absolute Gasteiger partial charge is 0.226 e. The Morgan fingerprint density at radius 1 is 1.03 bits per heavy atom. The summed E-state index contributed by atoms with van der Waals surface area (Å²) in [5, 5.41) is 3.31. The molecule has 1 saturated heterocycles. The fourth-order valence-corrected chi connectivity index (χ4v) is 5.34. The first-order valence-electron chi connectivity index (χ1n) is 12.1. The molecule has 2 heterocycles. The maximum atomic E-state index is 13.7. The van der Waals surface area contributed by atoms with Crippen LogP contribution in [0.4, 0.5) is 11.4 Å². The number of nitrogens with zero attached hydrogens (tertiary/aromatic N) is 2. The average Bonchev–Trinajstić information content (AvgIpc) is 2.88. The van der Waals surface area contributed by atoms with Crippen LogP contribution in [0.15, 0.2) is 72.8 Å². The van der Waals surface area contributed by atoms with Crippen LogP contribution in [-0.2, 0) is 11.2 Å². The number of amides is 1. The normalized spacial score (nSPS) is 20.2. The van der Waals surface area contributed by atoms with Crippen molar-refractivity contribution in [1.82, 2.24) is 5.32 Å². The SMILES string of the molecule is COc1ccc2c(c1)N1CCN(c3ccc(C)cc3)C[C@H]1[C@@H](C(=O)N[C@@H](C)c1ccccc1)C2. The lowest BCUT2D eigenvalue weighted by Gasteiger charge is -2.49. The lowest BCUT2D eigenvalue weighted by atomic mass is 9.83. The van der Waals surface area contributed by atoms with Gasteiger partial charge >= 0.3 is 0 Å². The summed E-state index contributed by atoms with van der Waals surface area (Å²) in [6.45, 7) is 6.78. The molecule has 2 aliphatic heterocycles. The molecule has 0 radical (unpaired) electrons. The summed E-state index contributed by atoms with van der Waals surface area (Å²) < 4.78 is 5.52. The van der Waals surface area contributed by atoms with E-state index in [0.717, 1.165) is 37.4 Å². The first-order chi connectivity index (χ1) is 16.5. The maximum Gasteiger partial charge on any atom is 0.226 e. The van der Waals surface area contributed by atoms with Crippen molar-refractivity contribution in [3.8, 4) is 5.75 Å². The number of hydrogen-bond donors (Lipinski definition) is 1. The first-order valence-corrected chi connectivity index (χ1v) is 12.1. The van der Waals surface area contributed by atoms with Gasteiger partial charge in [0.15, 0.2) is 0 Å². The molecule has 0 saturated carbocycles. The highest BCUT2D eigenvalue weighted by Crippen LogP contribution is 2.39. The van der Waals surface area contributed by atoms with Crippen molar-refractivity contribution in [3.63, 3.8) is 0 Å². The number of carbonyl (C=O) groups excluding carboxylic acids is 1. The van der Waals surface area contributed by atoms with Crippen LogP contribution in [0.25, 0.3) is 0 Å². The van der Waals surface area contributed by atoms with E-state index in [-0.39, 0.29) is 23.9 Å². The number of aryl methyl sites for hydroxylation is 1. The van der Waals surface area contributed by atoms with E-state index in [0.29, 0.717) is 0 Å². The summed E-state index contributed by atoms with van der Waals surface area (Å²) in [4.78, 5) is 18.5. The van der Waals surface area contributed by atoms with Crippen molar-refractivity contribution in [2.24, 2.45) is 5.92 Å². The van der Waals surface area contributed by atoms with Crippen LogP contribution in [0, 0.1) is 12.8 Å². The summed E-state index contributed by atoms with van der Waals surface area (Å²) in [5.41, 5.74) is 6.02. The molecular weight excluding hydrogens is 422 g/mol. The Balaban J connectivity index is 1.44. The third-order valence-electron chi connectivity index (χ3n) is 7.32. The Bertz CT molecular complexity index is 1150. The fraction of sp³-hybridized carbons (Fsp3) is 0.345. The summed E-state index contributed by atoms with van der Waals surface area (Å²) in [5.74, 6) is 0.859. The maximum absolute atomic E-state index is 13.7. The van der Waals surface area contributed by atoms with Crippen LogP contribution < -0.4 is 19.9 Å². The second-order valence-electron chi connectivity index (χ2n) is 9.49. The van der Waals surface area contributed by atoms with Gasteiger partial charge in [-0.3, -0.25) is 4.79 Å². The van der Waals surface area contributed by atoms with Crippen LogP contribution in [0.1, 0.15) is 29.7 Å². The van der Waals surface area contributed by atoms with Gasteiger partial charge in [0.2, 0.25) is 5.91 Å². The molecule has 3 aromatic rings. The Labute approximate surface area is 202 Å². The second kappa shape index (κ2) is 9.41. The number of methoxy groups -OCH3 is 1. The molecule has 0 aliphatic carbocycles. The molecule has 1 N–H and O–H groups in total. The van der Waals surface area contributed by atoms with Gasteiger partial charge in [-0.15, -0.1) is 0 Å². The van der Waals surface area contributed by atoms with Gasteiger partial charge in [0.05, 0.1) is 25.1 Å². The van der Waals surface area contributed by atoms with Crippen molar-refractivity contribution < 1.29 is 9.53 Å². The number of ether oxygens (including phenoxy) is 1. The van der Waals surface area contributed by atoms with Gasteiger partial charge in [0, 0.05) is 37.1 Å². The third-order valence-corrected chi connectivity index (χ3v) is 7.32. The lowest BCUT2D eigenvalue weighted by molar-refractivity contribution is -0.126. The molecule has 2 aliphatic rings. The van der Waals surface area contributed by atoms with E-state index in [9.17, 15) is 4.79 Å². The molecule has 0 spiro atoms. The van der Waals surface area contributed by atoms with Crippen molar-refractivity contribution in [3.05, 3.63) is 89.5 Å². The number of nitrogens with one attached hydrogen (secondary N) is 1. The lowest BCUT2D eigenvalue weighted by Crippen LogP contribution is -2.61. The number of fused-ring (bicyclic) bond motifs is 3. The van der Waals surface area contributed by atoms with Gasteiger partial charge in [0.1, 0.15) is 5.75 Å². The highest BCUT2D eigenvalue weighted by molar-refractivity contribution is 5.83. The summed E-state index contributed by atoms with van der Waals surface area (Å²) >= 11 is 0. The number of piperazine rings is 1. The number of carbonyl (C=O) groups is 1.